The zero-order chi connectivity index (χ0) is 23.0. The van der Waals surface area contributed by atoms with Gasteiger partial charge in [0.25, 0.3) is 0 Å². The number of rotatable bonds is 10. The number of aryl methyl sites for hydroxylation is 3. The first kappa shape index (κ1) is 22.8. The van der Waals surface area contributed by atoms with Gasteiger partial charge >= 0.3 is 0 Å². The first-order chi connectivity index (χ1) is 16.1. The number of para-hydroxylation sites is 2. The second kappa shape index (κ2) is 11.0. The van der Waals surface area contributed by atoms with Gasteiger partial charge in [-0.3, -0.25) is 4.79 Å². The largest absolute Gasteiger partial charge is 0.356 e. The lowest BCUT2D eigenvalue weighted by atomic mass is 10.1. The molecule has 0 fully saturated rings. The SMILES string of the molecule is Cc1cccc(Cn2c(CCCCCNC(=O)Cc3ccccc3C)nc3ccccc32)c1. The fourth-order valence-electron chi connectivity index (χ4n) is 4.34. The number of carbonyl (C=O) groups excluding carboxylic acids is 1. The Kier molecular flexibility index (Phi) is 7.56. The molecule has 33 heavy (non-hydrogen) atoms. The fraction of sp³-hybridized carbons (Fsp3) is 0.310. The molecule has 4 aromatic rings. The molecule has 0 saturated carbocycles. The molecular formula is C29H33N3O. The zero-order valence-electron chi connectivity index (χ0n) is 19.7. The summed E-state index contributed by atoms with van der Waals surface area (Å²) in [5.74, 6) is 1.24. The van der Waals surface area contributed by atoms with E-state index in [1.807, 2.05) is 18.2 Å². The number of nitrogens with zero attached hydrogens (tertiary/aromatic N) is 2. The van der Waals surface area contributed by atoms with Crippen molar-refractivity contribution in [3.8, 4) is 0 Å². The van der Waals surface area contributed by atoms with Crippen molar-refractivity contribution in [1.82, 2.24) is 14.9 Å². The van der Waals surface area contributed by atoms with Crippen molar-refractivity contribution in [2.45, 2.75) is 52.5 Å². The Morgan fingerprint density at radius 2 is 1.73 bits per heavy atom. The number of nitrogens with one attached hydrogen (secondary N) is 1. The van der Waals surface area contributed by atoms with Crippen molar-refractivity contribution in [3.63, 3.8) is 0 Å². The van der Waals surface area contributed by atoms with Gasteiger partial charge in [-0.1, -0.05) is 72.6 Å². The minimum atomic E-state index is 0.101. The van der Waals surface area contributed by atoms with E-state index in [1.165, 1.54) is 22.2 Å². The molecule has 0 saturated heterocycles. The topological polar surface area (TPSA) is 46.9 Å². The first-order valence-corrected chi connectivity index (χ1v) is 11.9. The van der Waals surface area contributed by atoms with Crippen LogP contribution in [0.25, 0.3) is 11.0 Å². The second-order valence-electron chi connectivity index (χ2n) is 8.86. The van der Waals surface area contributed by atoms with Crippen LogP contribution in [0, 0.1) is 13.8 Å². The summed E-state index contributed by atoms with van der Waals surface area (Å²) in [7, 11) is 0. The number of carbonyl (C=O) groups is 1. The molecule has 0 unspecified atom stereocenters. The predicted molar refractivity (Wildman–Crippen MR) is 135 cm³/mol. The maximum Gasteiger partial charge on any atom is 0.224 e. The highest BCUT2D eigenvalue weighted by Gasteiger charge is 2.11. The number of hydrogen-bond acceptors (Lipinski definition) is 2. The smallest absolute Gasteiger partial charge is 0.224 e. The Morgan fingerprint density at radius 1 is 0.909 bits per heavy atom. The van der Waals surface area contributed by atoms with Gasteiger partial charge in [-0.05, 0) is 55.5 Å². The number of unbranched alkanes of at least 4 members (excludes halogenated alkanes) is 2. The van der Waals surface area contributed by atoms with Gasteiger partial charge in [0.1, 0.15) is 5.82 Å². The maximum absolute atomic E-state index is 12.2. The van der Waals surface area contributed by atoms with E-state index in [2.05, 4.69) is 78.3 Å². The number of amides is 1. The standard InChI is InChI=1S/C29H33N3O/c1-22-11-10-13-24(19-22)21-32-27-16-8-7-15-26(27)31-28(32)17-4-3-9-18-30-29(33)20-25-14-6-5-12-23(25)2/h5-8,10-16,19H,3-4,9,17-18,20-21H2,1-2H3,(H,30,33). The highest BCUT2D eigenvalue weighted by Crippen LogP contribution is 2.20. The lowest BCUT2D eigenvalue weighted by Crippen LogP contribution is -2.26. The van der Waals surface area contributed by atoms with E-state index in [0.717, 1.165) is 55.7 Å². The second-order valence-corrected chi connectivity index (χ2v) is 8.86. The molecule has 0 bridgehead atoms. The van der Waals surface area contributed by atoms with Crippen molar-refractivity contribution < 1.29 is 4.79 Å². The van der Waals surface area contributed by atoms with Gasteiger partial charge in [-0.15, -0.1) is 0 Å². The number of aromatic nitrogens is 2. The zero-order valence-corrected chi connectivity index (χ0v) is 19.7. The summed E-state index contributed by atoms with van der Waals surface area (Å²) in [4.78, 5) is 17.2. The molecule has 3 aromatic carbocycles. The van der Waals surface area contributed by atoms with E-state index in [0.29, 0.717) is 6.42 Å². The number of hydrogen-bond donors (Lipinski definition) is 1. The summed E-state index contributed by atoms with van der Waals surface area (Å²) in [5.41, 5.74) is 7.10. The third-order valence-corrected chi connectivity index (χ3v) is 6.17. The predicted octanol–water partition coefficient (Wildman–Crippen LogP) is 5.77. The van der Waals surface area contributed by atoms with E-state index < -0.39 is 0 Å². The molecule has 4 rings (SSSR count). The van der Waals surface area contributed by atoms with Gasteiger partial charge < -0.3 is 9.88 Å². The molecule has 0 aliphatic carbocycles. The van der Waals surface area contributed by atoms with Crippen LogP contribution in [0.4, 0.5) is 0 Å². The van der Waals surface area contributed by atoms with Gasteiger partial charge in [0, 0.05) is 19.5 Å². The molecule has 4 heteroatoms. The van der Waals surface area contributed by atoms with Gasteiger partial charge in [-0.2, -0.15) is 0 Å². The van der Waals surface area contributed by atoms with Crippen LogP contribution >= 0.6 is 0 Å². The molecule has 1 heterocycles. The van der Waals surface area contributed by atoms with E-state index in [-0.39, 0.29) is 5.91 Å². The fourth-order valence-corrected chi connectivity index (χ4v) is 4.34. The lowest BCUT2D eigenvalue weighted by molar-refractivity contribution is -0.120. The van der Waals surface area contributed by atoms with E-state index in [1.54, 1.807) is 0 Å². The molecule has 1 amide bonds. The Bertz CT molecular complexity index is 1220. The normalized spacial score (nSPS) is 11.1. The van der Waals surface area contributed by atoms with Crippen molar-refractivity contribution in [2.75, 3.05) is 6.54 Å². The van der Waals surface area contributed by atoms with Crippen LogP contribution in [-0.4, -0.2) is 22.0 Å². The molecule has 1 N–H and O–H groups in total. The third-order valence-electron chi connectivity index (χ3n) is 6.17. The van der Waals surface area contributed by atoms with Crippen molar-refractivity contribution >= 4 is 16.9 Å². The summed E-state index contributed by atoms with van der Waals surface area (Å²) in [6.45, 7) is 5.75. The van der Waals surface area contributed by atoms with E-state index >= 15 is 0 Å². The Morgan fingerprint density at radius 3 is 2.58 bits per heavy atom. The molecule has 4 nitrogen and oxygen atoms in total. The van der Waals surface area contributed by atoms with Crippen LogP contribution in [-0.2, 0) is 24.2 Å². The first-order valence-electron chi connectivity index (χ1n) is 11.9. The molecule has 170 valence electrons. The van der Waals surface area contributed by atoms with Gasteiger partial charge in [0.2, 0.25) is 5.91 Å². The van der Waals surface area contributed by atoms with Crippen LogP contribution < -0.4 is 5.32 Å². The number of fused-ring (bicyclic) bond motifs is 1. The molecule has 0 radical (unpaired) electrons. The van der Waals surface area contributed by atoms with Gasteiger partial charge in [-0.25, -0.2) is 4.98 Å². The summed E-state index contributed by atoms with van der Waals surface area (Å²) < 4.78 is 2.36. The van der Waals surface area contributed by atoms with Crippen molar-refractivity contribution in [3.05, 3.63) is 101 Å². The van der Waals surface area contributed by atoms with Crippen LogP contribution in [0.5, 0.6) is 0 Å². The number of benzene rings is 3. The average Bonchev–Trinajstić information content (AvgIpc) is 3.15. The Balaban J connectivity index is 1.29. The van der Waals surface area contributed by atoms with Crippen molar-refractivity contribution in [1.29, 1.82) is 0 Å². The minimum Gasteiger partial charge on any atom is -0.356 e. The highest BCUT2D eigenvalue weighted by atomic mass is 16.1. The van der Waals surface area contributed by atoms with Crippen LogP contribution in [0.15, 0.2) is 72.8 Å². The summed E-state index contributed by atoms with van der Waals surface area (Å²) in [5, 5.41) is 3.07. The third kappa shape index (κ3) is 6.10. The molecule has 0 aliphatic rings. The van der Waals surface area contributed by atoms with E-state index in [4.69, 9.17) is 4.98 Å². The van der Waals surface area contributed by atoms with Crippen molar-refractivity contribution in [2.24, 2.45) is 0 Å². The summed E-state index contributed by atoms with van der Waals surface area (Å²) >= 11 is 0. The quantitative estimate of drug-likeness (QED) is 0.319. The molecule has 1 aromatic heterocycles. The lowest BCUT2D eigenvalue weighted by Gasteiger charge is -2.11. The minimum absolute atomic E-state index is 0.101. The maximum atomic E-state index is 12.2. The molecule has 0 atom stereocenters. The van der Waals surface area contributed by atoms with Gasteiger partial charge in [0.15, 0.2) is 0 Å². The van der Waals surface area contributed by atoms with Crippen LogP contribution in [0.3, 0.4) is 0 Å². The summed E-state index contributed by atoms with van der Waals surface area (Å²) in [6.07, 6.45) is 4.51. The van der Waals surface area contributed by atoms with Gasteiger partial charge in [0.05, 0.1) is 17.5 Å². The summed E-state index contributed by atoms with van der Waals surface area (Å²) in [6, 6.07) is 25.1. The number of imidazole rings is 1. The molecule has 0 spiro atoms. The Hall–Kier alpha value is -3.40. The van der Waals surface area contributed by atoms with Crippen LogP contribution in [0.1, 0.15) is 47.3 Å². The average molecular weight is 440 g/mol. The monoisotopic (exact) mass is 439 g/mol. The van der Waals surface area contributed by atoms with Crippen LogP contribution in [0.2, 0.25) is 0 Å². The van der Waals surface area contributed by atoms with E-state index in [9.17, 15) is 4.79 Å². The Labute approximate surface area is 196 Å². The molecule has 0 aliphatic heterocycles. The highest BCUT2D eigenvalue weighted by molar-refractivity contribution is 5.79. The molecular weight excluding hydrogens is 406 g/mol.